The van der Waals surface area contributed by atoms with Crippen molar-refractivity contribution in [3.8, 4) is 11.1 Å². The lowest BCUT2D eigenvalue weighted by Crippen LogP contribution is -2.67. The van der Waals surface area contributed by atoms with Gasteiger partial charge in [0.15, 0.2) is 5.78 Å². The number of nitrogens with zero attached hydrogens (tertiary/aromatic N) is 2. The number of halogens is 3. The number of likely N-dealkylation sites (tertiary alicyclic amines) is 1. The molecule has 6 nitrogen and oxygen atoms in total. The number of thiophene rings is 1. The number of aromatic nitrogens is 1. The number of ether oxygens (including phenoxy) is 1. The molecule has 0 radical (unpaired) electrons. The van der Waals surface area contributed by atoms with Crippen LogP contribution in [0.25, 0.3) is 27.3 Å². The third-order valence-electron chi connectivity index (χ3n) is 7.48. The summed E-state index contributed by atoms with van der Waals surface area (Å²) in [5.74, 6) is 0.157. The fraction of sp³-hybridized carbons (Fsp3) is 0.258. The van der Waals surface area contributed by atoms with Crippen LogP contribution in [0.2, 0.25) is 0 Å². The number of allylic oxidation sites excluding steroid dienone is 1. The first kappa shape index (κ1) is 27.2. The number of ketones is 1. The Morgan fingerprint density at radius 2 is 1.80 bits per heavy atom. The van der Waals surface area contributed by atoms with Gasteiger partial charge in [-0.1, -0.05) is 12.1 Å². The largest absolute Gasteiger partial charge is 0.417 e. The van der Waals surface area contributed by atoms with E-state index in [0.29, 0.717) is 65.5 Å². The van der Waals surface area contributed by atoms with Crippen molar-refractivity contribution < 1.29 is 27.5 Å². The van der Waals surface area contributed by atoms with E-state index in [-0.39, 0.29) is 28.2 Å². The SMILES string of the molecule is Nc1ccc(/C=C/C(=O)CCc2cc3cc(-c4ccc(C(=O)N5CC6(COC6)C5)cc4)cc(C(F)(F)F)c3s2)cn1. The standard InChI is InChI=1S/C31H26F3N3O3S/c32-31(33,34)26-13-22(20-3-5-21(6-4-20)29(39)37-15-30(16-37)17-40-18-30)11-23-12-25(41-28(23)26)9-8-24(38)7-1-19-2-10-27(35)36-14-19/h1-7,10-14H,8-9,15-18H2,(H2,35,36)/b7-1+. The Balaban J connectivity index is 1.18. The average molecular weight is 578 g/mol. The van der Waals surface area contributed by atoms with Crippen LogP contribution in [-0.2, 0) is 22.1 Å². The van der Waals surface area contributed by atoms with Gasteiger partial charge in [0.25, 0.3) is 5.91 Å². The maximum absolute atomic E-state index is 14.1. The highest BCUT2D eigenvalue weighted by Crippen LogP contribution is 2.42. The normalized spacial score (nSPS) is 16.2. The first-order chi connectivity index (χ1) is 19.6. The molecule has 2 fully saturated rings. The molecule has 2 saturated heterocycles. The number of carbonyl (C=O) groups is 2. The Hall–Kier alpha value is -4.02. The summed E-state index contributed by atoms with van der Waals surface area (Å²) in [5, 5.41) is 0.472. The topological polar surface area (TPSA) is 85.5 Å². The number of alkyl halides is 3. The second kappa shape index (κ2) is 10.4. The first-order valence-corrected chi connectivity index (χ1v) is 13.9. The second-order valence-corrected chi connectivity index (χ2v) is 11.8. The fourth-order valence-electron chi connectivity index (χ4n) is 5.21. The summed E-state index contributed by atoms with van der Waals surface area (Å²) in [6, 6.07) is 14.7. The van der Waals surface area contributed by atoms with Crippen molar-refractivity contribution in [1.82, 2.24) is 9.88 Å². The van der Waals surface area contributed by atoms with E-state index in [1.54, 1.807) is 65.7 Å². The number of amides is 1. The van der Waals surface area contributed by atoms with Gasteiger partial charge in [0.2, 0.25) is 0 Å². The minimum Gasteiger partial charge on any atom is -0.384 e. The van der Waals surface area contributed by atoms with Crippen LogP contribution in [0.15, 0.2) is 66.9 Å². The van der Waals surface area contributed by atoms with Crippen molar-refractivity contribution in [2.24, 2.45) is 5.41 Å². The number of hydrogen-bond donors (Lipinski definition) is 1. The van der Waals surface area contributed by atoms with Crippen molar-refractivity contribution in [2.45, 2.75) is 19.0 Å². The molecule has 41 heavy (non-hydrogen) atoms. The molecule has 10 heteroatoms. The van der Waals surface area contributed by atoms with Crippen molar-refractivity contribution in [2.75, 3.05) is 32.0 Å². The molecule has 2 aromatic carbocycles. The van der Waals surface area contributed by atoms with Gasteiger partial charge in [-0.2, -0.15) is 13.2 Å². The number of pyridine rings is 1. The molecular weight excluding hydrogens is 551 g/mol. The van der Waals surface area contributed by atoms with Crippen LogP contribution in [0.4, 0.5) is 19.0 Å². The zero-order valence-electron chi connectivity index (χ0n) is 21.9. The monoisotopic (exact) mass is 577 g/mol. The molecular formula is C31H26F3N3O3S. The van der Waals surface area contributed by atoms with Gasteiger partial charge in [-0.15, -0.1) is 11.3 Å². The van der Waals surface area contributed by atoms with Crippen molar-refractivity contribution in [3.63, 3.8) is 0 Å². The van der Waals surface area contributed by atoms with Gasteiger partial charge in [0.1, 0.15) is 5.82 Å². The molecule has 2 aliphatic heterocycles. The number of hydrogen-bond acceptors (Lipinski definition) is 6. The van der Waals surface area contributed by atoms with Gasteiger partial charge >= 0.3 is 6.18 Å². The number of nitrogen functional groups attached to an aromatic ring is 1. The van der Waals surface area contributed by atoms with Crippen LogP contribution in [0, 0.1) is 5.41 Å². The van der Waals surface area contributed by atoms with Crippen molar-refractivity contribution >= 4 is 45.0 Å². The zero-order valence-corrected chi connectivity index (χ0v) is 22.7. The summed E-state index contributed by atoms with van der Waals surface area (Å²) in [6.45, 7) is 2.70. The summed E-state index contributed by atoms with van der Waals surface area (Å²) in [7, 11) is 0. The van der Waals surface area contributed by atoms with Gasteiger partial charge in [0.05, 0.1) is 24.2 Å². The smallest absolute Gasteiger partial charge is 0.384 e. The van der Waals surface area contributed by atoms with E-state index < -0.39 is 11.7 Å². The van der Waals surface area contributed by atoms with Gasteiger partial charge in [-0.3, -0.25) is 9.59 Å². The van der Waals surface area contributed by atoms with Gasteiger partial charge in [-0.05, 0) is 83.1 Å². The second-order valence-electron chi connectivity index (χ2n) is 10.7. The van der Waals surface area contributed by atoms with Gasteiger partial charge < -0.3 is 15.4 Å². The zero-order chi connectivity index (χ0) is 28.8. The quantitative estimate of drug-likeness (QED) is 0.263. The molecule has 1 spiro atoms. The average Bonchev–Trinajstić information content (AvgIpc) is 3.32. The molecule has 2 aliphatic rings. The first-order valence-electron chi connectivity index (χ1n) is 13.1. The number of rotatable bonds is 7. The van der Waals surface area contributed by atoms with Crippen LogP contribution in [0.1, 0.15) is 32.8 Å². The highest BCUT2D eigenvalue weighted by Gasteiger charge is 2.50. The van der Waals surface area contributed by atoms with Crippen LogP contribution < -0.4 is 5.73 Å². The summed E-state index contributed by atoms with van der Waals surface area (Å²) < 4.78 is 47.7. The number of nitrogens with two attached hydrogens (primary N) is 1. The van der Waals surface area contributed by atoms with E-state index in [1.807, 2.05) is 0 Å². The number of anilines is 1. The minimum atomic E-state index is -4.54. The lowest BCUT2D eigenvalue weighted by molar-refractivity contribution is -0.176. The Kier molecular flexibility index (Phi) is 6.91. The fourth-order valence-corrected chi connectivity index (χ4v) is 6.38. The third kappa shape index (κ3) is 5.62. The Labute approximate surface area is 238 Å². The molecule has 4 aromatic rings. The minimum absolute atomic E-state index is 0.0856. The molecule has 4 heterocycles. The lowest BCUT2D eigenvalue weighted by Gasteiger charge is -2.54. The number of fused-ring (bicyclic) bond motifs is 1. The number of carbonyl (C=O) groups excluding carboxylic acids is 2. The van der Waals surface area contributed by atoms with Crippen molar-refractivity contribution in [3.05, 3.63) is 88.4 Å². The van der Waals surface area contributed by atoms with E-state index >= 15 is 0 Å². The van der Waals surface area contributed by atoms with Crippen LogP contribution >= 0.6 is 11.3 Å². The van der Waals surface area contributed by atoms with E-state index in [4.69, 9.17) is 10.5 Å². The number of aryl methyl sites for hydroxylation is 1. The maximum atomic E-state index is 14.1. The van der Waals surface area contributed by atoms with E-state index in [1.165, 1.54) is 6.08 Å². The molecule has 1 amide bonds. The molecule has 0 unspecified atom stereocenters. The number of benzene rings is 2. The summed E-state index contributed by atoms with van der Waals surface area (Å²) in [5.41, 5.74) is 7.20. The van der Waals surface area contributed by atoms with Gasteiger partial charge in [-0.25, -0.2) is 4.98 Å². The highest BCUT2D eigenvalue weighted by molar-refractivity contribution is 7.19. The molecule has 0 bridgehead atoms. The molecule has 0 atom stereocenters. The van der Waals surface area contributed by atoms with E-state index in [9.17, 15) is 22.8 Å². The lowest BCUT2D eigenvalue weighted by atomic mass is 9.78. The van der Waals surface area contributed by atoms with Crippen LogP contribution in [-0.4, -0.2) is 47.9 Å². The summed E-state index contributed by atoms with van der Waals surface area (Å²) in [6.07, 6.45) is 0.581. The molecule has 0 aliphatic carbocycles. The summed E-state index contributed by atoms with van der Waals surface area (Å²) in [4.78, 5) is 31.6. The maximum Gasteiger partial charge on any atom is 0.417 e. The van der Waals surface area contributed by atoms with E-state index in [0.717, 1.165) is 23.0 Å². The molecule has 2 aromatic heterocycles. The predicted molar refractivity (Wildman–Crippen MR) is 152 cm³/mol. The Bertz CT molecular complexity index is 1650. The van der Waals surface area contributed by atoms with Gasteiger partial charge in [0, 0.05) is 40.8 Å². The van der Waals surface area contributed by atoms with Crippen LogP contribution in [0.3, 0.4) is 0 Å². The Morgan fingerprint density at radius 1 is 1.05 bits per heavy atom. The highest BCUT2D eigenvalue weighted by atomic mass is 32.1. The summed E-state index contributed by atoms with van der Waals surface area (Å²) >= 11 is 1.06. The third-order valence-corrected chi connectivity index (χ3v) is 8.73. The van der Waals surface area contributed by atoms with Crippen molar-refractivity contribution in [1.29, 1.82) is 0 Å². The molecule has 0 saturated carbocycles. The van der Waals surface area contributed by atoms with Crippen LogP contribution in [0.5, 0.6) is 0 Å². The molecule has 210 valence electrons. The predicted octanol–water partition coefficient (Wildman–Crippen LogP) is 6.25. The molecule has 6 rings (SSSR count). The van der Waals surface area contributed by atoms with E-state index in [2.05, 4.69) is 4.98 Å². The Morgan fingerprint density at radius 3 is 2.44 bits per heavy atom. The molecule has 2 N–H and O–H groups in total.